The van der Waals surface area contributed by atoms with Gasteiger partial charge in [0.05, 0.1) is 22.3 Å². The molecule has 202 valence electrons. The Kier molecular flexibility index (Phi) is 7.81. The number of hydrogen-bond donors (Lipinski definition) is 4. The van der Waals surface area contributed by atoms with Crippen molar-refractivity contribution in [2.24, 2.45) is 0 Å². The molecule has 0 fully saturated rings. The lowest BCUT2D eigenvalue weighted by Gasteiger charge is -2.36. The van der Waals surface area contributed by atoms with Gasteiger partial charge >= 0.3 is 23.9 Å². The molecule has 0 bridgehead atoms. The lowest BCUT2D eigenvalue weighted by Crippen LogP contribution is -2.28. The third kappa shape index (κ3) is 5.76. The van der Waals surface area contributed by atoms with Crippen LogP contribution in [0, 0.1) is 0 Å². The molecule has 0 saturated heterocycles. The van der Waals surface area contributed by atoms with E-state index >= 15 is 0 Å². The van der Waals surface area contributed by atoms with Gasteiger partial charge in [-0.25, -0.2) is 19.2 Å². The predicted molar refractivity (Wildman–Crippen MR) is 147 cm³/mol. The van der Waals surface area contributed by atoms with E-state index in [1.165, 1.54) is 36.4 Å². The van der Waals surface area contributed by atoms with Gasteiger partial charge in [-0.05, 0) is 77.2 Å². The summed E-state index contributed by atoms with van der Waals surface area (Å²) >= 11 is 0. The second-order valence-corrected chi connectivity index (χ2v) is 9.72. The maximum Gasteiger partial charge on any atom is 0.335 e. The van der Waals surface area contributed by atoms with Crippen LogP contribution in [0.4, 0.5) is 0 Å². The highest BCUT2D eigenvalue weighted by atomic mass is 16.4. The van der Waals surface area contributed by atoms with Crippen molar-refractivity contribution in [2.75, 3.05) is 0 Å². The average Bonchev–Trinajstić information content (AvgIpc) is 2.96. The summed E-state index contributed by atoms with van der Waals surface area (Å²) in [7, 11) is 0. The summed E-state index contributed by atoms with van der Waals surface area (Å²) < 4.78 is 0. The van der Waals surface area contributed by atoms with Gasteiger partial charge in [0, 0.05) is 11.3 Å². The molecule has 0 radical (unpaired) electrons. The predicted octanol–water partition coefficient (Wildman–Crippen LogP) is 6.01. The van der Waals surface area contributed by atoms with Crippen molar-refractivity contribution in [2.45, 2.75) is 24.7 Å². The van der Waals surface area contributed by atoms with Crippen molar-refractivity contribution in [3.05, 3.63) is 142 Å². The Morgan fingerprint density at radius 2 is 0.900 bits per heavy atom. The fraction of sp³-hybridized carbons (Fsp3) is 0.125. The van der Waals surface area contributed by atoms with Gasteiger partial charge < -0.3 is 20.4 Å². The van der Waals surface area contributed by atoms with E-state index in [2.05, 4.69) is 0 Å². The van der Waals surface area contributed by atoms with Crippen molar-refractivity contribution < 1.29 is 39.6 Å². The molecule has 40 heavy (non-hydrogen) atoms. The molecule has 0 heterocycles. The van der Waals surface area contributed by atoms with Gasteiger partial charge in [-0.2, -0.15) is 0 Å². The molecule has 8 heteroatoms. The Morgan fingerprint density at radius 3 is 1.23 bits per heavy atom. The molecular formula is C32H26O8. The molecule has 4 aromatic rings. The van der Waals surface area contributed by atoms with Gasteiger partial charge in [0.1, 0.15) is 0 Å². The van der Waals surface area contributed by atoms with Gasteiger partial charge in [0.15, 0.2) is 0 Å². The van der Waals surface area contributed by atoms with Crippen LogP contribution in [-0.2, 0) is 5.41 Å². The number of carboxylic acid groups (broad SMARTS) is 4. The lowest BCUT2D eigenvalue weighted by molar-refractivity contribution is 0.0685. The van der Waals surface area contributed by atoms with Crippen molar-refractivity contribution in [3.8, 4) is 0 Å². The SMILES string of the molecule is CC(CC(c1ccc(C(=O)O)cc1)c1ccc(C(=O)O)cc1)(c1cccc(C(=O)O)c1)c1cccc(C(=O)O)c1. The van der Waals surface area contributed by atoms with E-state index in [4.69, 9.17) is 0 Å². The summed E-state index contributed by atoms with van der Waals surface area (Å²) in [6.07, 6.45) is 0.317. The molecule has 4 rings (SSSR count). The molecule has 0 aromatic heterocycles. The monoisotopic (exact) mass is 538 g/mol. The molecule has 0 aliphatic carbocycles. The summed E-state index contributed by atoms with van der Waals surface area (Å²) in [5, 5.41) is 38.1. The molecule has 0 aliphatic rings. The highest BCUT2D eigenvalue weighted by molar-refractivity contribution is 5.89. The average molecular weight is 539 g/mol. The normalized spacial score (nSPS) is 11.2. The smallest absolute Gasteiger partial charge is 0.335 e. The van der Waals surface area contributed by atoms with E-state index in [9.17, 15) is 39.6 Å². The highest BCUT2D eigenvalue weighted by Crippen LogP contribution is 2.44. The van der Waals surface area contributed by atoms with Crippen molar-refractivity contribution in [1.82, 2.24) is 0 Å². The third-order valence-electron chi connectivity index (χ3n) is 7.23. The quantitative estimate of drug-likeness (QED) is 0.192. The number of benzene rings is 4. The Balaban J connectivity index is 1.93. The van der Waals surface area contributed by atoms with Crippen LogP contribution >= 0.6 is 0 Å². The molecule has 0 atom stereocenters. The largest absolute Gasteiger partial charge is 0.478 e. The molecule has 0 aliphatic heterocycles. The Bertz CT molecular complexity index is 1470. The first kappa shape index (κ1) is 27.8. The maximum absolute atomic E-state index is 11.8. The molecule has 4 aromatic carbocycles. The summed E-state index contributed by atoms with van der Waals surface area (Å²) in [5.41, 5.74) is 2.24. The van der Waals surface area contributed by atoms with Crippen LogP contribution in [0.5, 0.6) is 0 Å². The van der Waals surface area contributed by atoms with E-state index < -0.39 is 35.2 Å². The topological polar surface area (TPSA) is 149 Å². The zero-order valence-electron chi connectivity index (χ0n) is 21.4. The minimum Gasteiger partial charge on any atom is -0.478 e. The van der Waals surface area contributed by atoms with Crippen molar-refractivity contribution in [1.29, 1.82) is 0 Å². The highest BCUT2D eigenvalue weighted by Gasteiger charge is 2.34. The second kappa shape index (κ2) is 11.2. The van der Waals surface area contributed by atoms with Gasteiger partial charge in [-0.3, -0.25) is 0 Å². The Morgan fingerprint density at radius 1 is 0.550 bits per heavy atom. The van der Waals surface area contributed by atoms with Gasteiger partial charge in [-0.15, -0.1) is 0 Å². The second-order valence-electron chi connectivity index (χ2n) is 9.72. The standard InChI is InChI=1S/C32H26O8/c1-32(25-6-2-4-23(16-25)30(37)38,26-7-3-5-24(17-26)31(39)40)18-27(19-8-12-21(13-9-19)28(33)34)20-10-14-22(15-11-20)29(35)36/h2-17,27H,18H2,1H3,(H,33,34)(H,35,36)(H,37,38)(H,39,40). The minimum atomic E-state index is -1.10. The Labute approximate surface area is 229 Å². The molecule has 4 N–H and O–H groups in total. The number of aromatic carboxylic acids is 4. The van der Waals surface area contributed by atoms with E-state index in [-0.39, 0.29) is 22.3 Å². The summed E-state index contributed by atoms with van der Waals surface area (Å²) in [6, 6.07) is 25.7. The molecule has 0 amide bonds. The summed E-state index contributed by atoms with van der Waals surface area (Å²) in [5.74, 6) is -4.76. The van der Waals surface area contributed by atoms with Crippen LogP contribution in [-0.4, -0.2) is 44.3 Å². The van der Waals surface area contributed by atoms with Gasteiger partial charge in [0.25, 0.3) is 0 Å². The zero-order chi connectivity index (χ0) is 29.0. The van der Waals surface area contributed by atoms with E-state index in [1.807, 2.05) is 6.92 Å². The van der Waals surface area contributed by atoms with Crippen LogP contribution in [0.3, 0.4) is 0 Å². The minimum absolute atomic E-state index is 0.0753. The van der Waals surface area contributed by atoms with Crippen LogP contribution in [0.15, 0.2) is 97.1 Å². The molecule has 8 nitrogen and oxygen atoms in total. The maximum atomic E-state index is 11.8. The summed E-state index contributed by atoms with van der Waals surface area (Å²) in [4.78, 5) is 46.6. The van der Waals surface area contributed by atoms with E-state index in [0.717, 1.165) is 11.1 Å². The van der Waals surface area contributed by atoms with Crippen LogP contribution in [0.25, 0.3) is 0 Å². The van der Waals surface area contributed by atoms with Crippen LogP contribution < -0.4 is 0 Å². The zero-order valence-corrected chi connectivity index (χ0v) is 21.4. The fourth-order valence-electron chi connectivity index (χ4n) is 4.95. The first-order valence-electron chi connectivity index (χ1n) is 12.3. The van der Waals surface area contributed by atoms with Crippen LogP contribution in [0.1, 0.15) is 82.9 Å². The Hall–Kier alpha value is -5.24. The summed E-state index contributed by atoms with van der Waals surface area (Å²) in [6.45, 7) is 1.90. The first-order valence-corrected chi connectivity index (χ1v) is 12.3. The van der Waals surface area contributed by atoms with Crippen LogP contribution in [0.2, 0.25) is 0 Å². The lowest BCUT2D eigenvalue weighted by atomic mass is 9.67. The molecular weight excluding hydrogens is 512 g/mol. The van der Waals surface area contributed by atoms with Gasteiger partial charge in [-0.1, -0.05) is 55.5 Å². The van der Waals surface area contributed by atoms with Gasteiger partial charge in [0.2, 0.25) is 0 Å². The van der Waals surface area contributed by atoms with Crippen molar-refractivity contribution >= 4 is 23.9 Å². The third-order valence-corrected chi connectivity index (χ3v) is 7.23. The molecule has 0 unspecified atom stereocenters. The molecule has 0 spiro atoms. The number of hydrogen-bond acceptors (Lipinski definition) is 4. The number of rotatable bonds is 10. The van der Waals surface area contributed by atoms with E-state index in [1.54, 1.807) is 60.7 Å². The fourth-order valence-corrected chi connectivity index (χ4v) is 4.95. The molecule has 0 saturated carbocycles. The van der Waals surface area contributed by atoms with Crippen molar-refractivity contribution in [3.63, 3.8) is 0 Å². The first-order chi connectivity index (χ1) is 19.0. The number of carbonyl (C=O) groups is 4. The van der Waals surface area contributed by atoms with E-state index in [0.29, 0.717) is 17.5 Å². The number of carboxylic acids is 4.